The molecule has 0 saturated carbocycles. The first-order valence-electron chi connectivity index (χ1n) is 6.32. The Morgan fingerprint density at radius 1 is 1.53 bits per heavy atom. The molecule has 2 rings (SSSR count). The summed E-state index contributed by atoms with van der Waals surface area (Å²) in [6, 6.07) is 2.25. The zero-order valence-corrected chi connectivity index (χ0v) is 13.5. The van der Waals surface area contributed by atoms with Gasteiger partial charge in [0.2, 0.25) is 10.0 Å². The van der Waals surface area contributed by atoms with Crippen LogP contribution in [0.5, 0.6) is 0 Å². The molecule has 108 valence electrons. The van der Waals surface area contributed by atoms with Crippen LogP contribution in [0.1, 0.15) is 29.3 Å². The van der Waals surface area contributed by atoms with E-state index in [1.165, 1.54) is 14.7 Å². The van der Waals surface area contributed by atoms with Gasteiger partial charge in [-0.25, -0.2) is 12.7 Å². The van der Waals surface area contributed by atoms with Gasteiger partial charge in [0, 0.05) is 31.6 Å². The van der Waals surface area contributed by atoms with E-state index < -0.39 is 10.0 Å². The van der Waals surface area contributed by atoms with Gasteiger partial charge in [-0.1, -0.05) is 11.6 Å². The van der Waals surface area contributed by atoms with Crippen molar-refractivity contribution >= 4 is 33.0 Å². The highest BCUT2D eigenvalue weighted by atomic mass is 35.5. The van der Waals surface area contributed by atoms with Crippen molar-refractivity contribution in [2.24, 2.45) is 0 Å². The number of hydrogen-bond acceptors (Lipinski definition) is 4. The molecule has 1 unspecified atom stereocenters. The zero-order chi connectivity index (χ0) is 14.0. The first-order valence-corrected chi connectivity index (χ1v) is 9.12. The molecule has 1 atom stereocenters. The van der Waals surface area contributed by atoms with Crippen LogP contribution < -0.4 is 5.32 Å². The van der Waals surface area contributed by atoms with Crippen LogP contribution in [0.2, 0.25) is 4.34 Å². The monoisotopic (exact) mass is 322 g/mol. The van der Waals surface area contributed by atoms with Gasteiger partial charge in [-0.15, -0.1) is 11.3 Å². The Labute approximate surface area is 123 Å². The van der Waals surface area contributed by atoms with Crippen LogP contribution in [-0.4, -0.2) is 39.1 Å². The van der Waals surface area contributed by atoms with E-state index in [4.69, 9.17) is 11.6 Å². The molecule has 0 bridgehead atoms. The van der Waals surface area contributed by atoms with E-state index >= 15 is 0 Å². The summed E-state index contributed by atoms with van der Waals surface area (Å²) >= 11 is 7.69. The number of nitrogens with zero attached hydrogens (tertiary/aromatic N) is 1. The third-order valence-corrected chi connectivity index (χ3v) is 6.56. The van der Waals surface area contributed by atoms with E-state index in [1.807, 2.05) is 6.07 Å². The average Bonchev–Trinajstić information content (AvgIpc) is 2.70. The maximum absolute atomic E-state index is 11.7. The Kier molecular flexibility index (Phi) is 4.89. The molecule has 0 fully saturated rings. The molecular formula is C12H19ClN2O2S2. The molecule has 0 saturated heterocycles. The highest BCUT2D eigenvalue weighted by molar-refractivity contribution is 7.89. The summed E-state index contributed by atoms with van der Waals surface area (Å²) in [5.41, 5.74) is 1.25. The lowest BCUT2D eigenvalue weighted by molar-refractivity contribution is 0.469. The van der Waals surface area contributed by atoms with Crippen LogP contribution in [0.3, 0.4) is 0 Å². The Hall–Kier alpha value is -0.140. The van der Waals surface area contributed by atoms with Crippen molar-refractivity contribution in [3.05, 3.63) is 20.8 Å². The number of hydrogen-bond donors (Lipinski definition) is 1. The second-order valence-corrected chi connectivity index (χ2v) is 9.00. The minimum absolute atomic E-state index is 0.129. The topological polar surface area (TPSA) is 49.4 Å². The van der Waals surface area contributed by atoms with Gasteiger partial charge in [-0.2, -0.15) is 0 Å². The van der Waals surface area contributed by atoms with Gasteiger partial charge in [0.25, 0.3) is 0 Å². The van der Waals surface area contributed by atoms with E-state index in [2.05, 4.69) is 5.32 Å². The fraction of sp³-hybridized carbons (Fsp3) is 0.667. The smallest absolute Gasteiger partial charge is 0.214 e. The van der Waals surface area contributed by atoms with Crippen LogP contribution in [0.25, 0.3) is 0 Å². The van der Waals surface area contributed by atoms with E-state index in [1.54, 1.807) is 25.4 Å². The lowest BCUT2D eigenvalue weighted by Gasteiger charge is -2.24. The predicted molar refractivity (Wildman–Crippen MR) is 80.5 cm³/mol. The lowest BCUT2D eigenvalue weighted by atomic mass is 9.94. The van der Waals surface area contributed by atoms with Gasteiger partial charge in [-0.05, 0) is 30.9 Å². The molecule has 4 nitrogen and oxygen atoms in total. The zero-order valence-electron chi connectivity index (χ0n) is 11.1. The Morgan fingerprint density at radius 2 is 2.26 bits per heavy atom. The number of halogens is 1. The van der Waals surface area contributed by atoms with Crippen molar-refractivity contribution in [2.45, 2.75) is 25.3 Å². The summed E-state index contributed by atoms with van der Waals surface area (Å²) < 4.78 is 25.5. The van der Waals surface area contributed by atoms with Crippen molar-refractivity contribution in [1.82, 2.24) is 9.62 Å². The molecule has 0 spiro atoms. The van der Waals surface area contributed by atoms with Gasteiger partial charge in [0.15, 0.2) is 0 Å². The van der Waals surface area contributed by atoms with E-state index in [0.717, 1.165) is 23.6 Å². The normalized spacial score (nSPS) is 19.7. The minimum Gasteiger partial charge on any atom is -0.309 e. The largest absolute Gasteiger partial charge is 0.309 e. The summed E-state index contributed by atoms with van der Waals surface area (Å²) in [5, 5.41) is 3.34. The van der Waals surface area contributed by atoms with E-state index in [-0.39, 0.29) is 11.8 Å². The summed E-state index contributed by atoms with van der Waals surface area (Å²) in [7, 11) is 0.000599. The van der Waals surface area contributed by atoms with E-state index in [0.29, 0.717) is 6.54 Å². The first-order chi connectivity index (χ1) is 8.90. The van der Waals surface area contributed by atoms with Gasteiger partial charge in [-0.3, -0.25) is 0 Å². The average molecular weight is 323 g/mol. The molecule has 1 N–H and O–H groups in total. The lowest BCUT2D eigenvalue weighted by Crippen LogP contribution is -2.33. The highest BCUT2D eigenvalue weighted by Crippen LogP contribution is 2.37. The summed E-state index contributed by atoms with van der Waals surface area (Å²) in [6.07, 6.45) is 3.25. The maximum Gasteiger partial charge on any atom is 0.214 e. The minimum atomic E-state index is -3.12. The molecule has 1 aromatic heterocycles. The number of aryl methyl sites for hydroxylation is 1. The third-order valence-electron chi connectivity index (χ3n) is 3.39. The van der Waals surface area contributed by atoms with Gasteiger partial charge in [0.1, 0.15) is 0 Å². The van der Waals surface area contributed by atoms with Crippen LogP contribution >= 0.6 is 22.9 Å². The second kappa shape index (κ2) is 6.10. The molecule has 7 heteroatoms. The molecule has 0 aromatic carbocycles. The van der Waals surface area contributed by atoms with Crippen molar-refractivity contribution in [3.63, 3.8) is 0 Å². The molecule has 1 heterocycles. The fourth-order valence-electron chi connectivity index (χ4n) is 2.28. The molecule has 1 aliphatic carbocycles. The first kappa shape index (κ1) is 15.3. The van der Waals surface area contributed by atoms with Crippen LogP contribution in [0.4, 0.5) is 0 Å². The van der Waals surface area contributed by atoms with Gasteiger partial charge >= 0.3 is 0 Å². The standard InChI is InChI=1S/C12H19ClN2O2S2/c1-15(2)19(16,17)7-6-14-10-4-3-5-11-9(10)8-12(13)18-11/h8,10,14H,3-7H2,1-2H3. The van der Waals surface area contributed by atoms with Crippen LogP contribution in [-0.2, 0) is 16.4 Å². The number of sulfonamides is 1. The number of fused-ring (bicyclic) bond motifs is 1. The maximum atomic E-state index is 11.7. The predicted octanol–water partition coefficient (Wildman–Crippen LogP) is 2.26. The van der Waals surface area contributed by atoms with E-state index in [9.17, 15) is 8.42 Å². The van der Waals surface area contributed by atoms with Gasteiger partial charge < -0.3 is 5.32 Å². The van der Waals surface area contributed by atoms with Crippen LogP contribution in [0.15, 0.2) is 6.07 Å². The van der Waals surface area contributed by atoms with Crippen molar-refractivity contribution in [3.8, 4) is 0 Å². The number of nitrogens with one attached hydrogen (secondary N) is 1. The highest BCUT2D eigenvalue weighted by Gasteiger charge is 2.23. The molecule has 1 aliphatic rings. The Morgan fingerprint density at radius 3 is 2.95 bits per heavy atom. The van der Waals surface area contributed by atoms with Crippen molar-refractivity contribution in [2.75, 3.05) is 26.4 Å². The molecule has 19 heavy (non-hydrogen) atoms. The summed E-state index contributed by atoms with van der Waals surface area (Å²) in [4.78, 5) is 1.34. The van der Waals surface area contributed by atoms with Crippen LogP contribution in [0, 0.1) is 0 Å². The quantitative estimate of drug-likeness (QED) is 0.904. The Bertz CT molecular complexity index is 540. The Balaban J connectivity index is 1.95. The molecule has 0 radical (unpaired) electrons. The number of thiophene rings is 1. The molecule has 1 aromatic rings. The summed E-state index contributed by atoms with van der Waals surface area (Å²) in [5.74, 6) is 0.129. The SMILES string of the molecule is CN(C)S(=O)(=O)CCNC1CCCc2sc(Cl)cc21. The molecule has 0 amide bonds. The number of rotatable bonds is 5. The second-order valence-electron chi connectivity index (χ2n) is 4.93. The molecule has 0 aliphatic heterocycles. The third kappa shape index (κ3) is 3.70. The van der Waals surface area contributed by atoms with Crippen molar-refractivity contribution < 1.29 is 8.42 Å². The molecular weight excluding hydrogens is 304 g/mol. The van der Waals surface area contributed by atoms with Gasteiger partial charge in [0.05, 0.1) is 10.1 Å². The summed E-state index contributed by atoms with van der Waals surface area (Å²) in [6.45, 7) is 0.470. The fourth-order valence-corrected chi connectivity index (χ4v) is 4.40. The van der Waals surface area contributed by atoms with Crippen molar-refractivity contribution in [1.29, 1.82) is 0 Å².